The van der Waals surface area contributed by atoms with Crippen LogP contribution in [0, 0.1) is 0 Å². The van der Waals surface area contributed by atoms with Crippen molar-refractivity contribution in [3.8, 4) is 0 Å². The highest BCUT2D eigenvalue weighted by Gasteiger charge is 2.32. The summed E-state index contributed by atoms with van der Waals surface area (Å²) in [4.78, 5) is 24.5. The largest absolute Gasteiger partial charge is 0.377 e. The molecule has 1 aliphatic rings. The van der Waals surface area contributed by atoms with Crippen molar-refractivity contribution in [3.63, 3.8) is 0 Å². The Kier molecular flexibility index (Phi) is 3.74. The fourth-order valence-corrected chi connectivity index (χ4v) is 1.48. The number of ether oxygens (including phenoxy) is 1. The summed E-state index contributed by atoms with van der Waals surface area (Å²) in [5, 5.41) is 2.80. The Morgan fingerprint density at radius 3 is 2.56 bits per heavy atom. The van der Waals surface area contributed by atoms with Crippen LogP contribution in [0.4, 0.5) is 4.79 Å². The highest BCUT2D eigenvalue weighted by Crippen LogP contribution is 2.09. The first-order valence-corrected chi connectivity index (χ1v) is 5.27. The molecule has 1 unspecified atom stereocenters. The predicted molar refractivity (Wildman–Crippen MR) is 58.8 cm³/mol. The van der Waals surface area contributed by atoms with Crippen LogP contribution in [0.5, 0.6) is 0 Å². The normalized spacial score (nSPS) is 21.7. The maximum absolute atomic E-state index is 11.9. The minimum absolute atomic E-state index is 0.174. The van der Waals surface area contributed by atoms with Gasteiger partial charge in [0.25, 0.3) is 0 Å². The van der Waals surface area contributed by atoms with Gasteiger partial charge in [0.05, 0.1) is 13.2 Å². The van der Waals surface area contributed by atoms with E-state index in [4.69, 9.17) is 10.5 Å². The first kappa shape index (κ1) is 12.8. The van der Waals surface area contributed by atoms with E-state index in [9.17, 15) is 9.59 Å². The van der Waals surface area contributed by atoms with Crippen LogP contribution in [-0.4, -0.2) is 48.2 Å². The number of hydrogen-bond donors (Lipinski definition) is 2. The first-order valence-electron chi connectivity index (χ1n) is 5.27. The van der Waals surface area contributed by atoms with E-state index < -0.39 is 11.9 Å². The number of hydrogen-bond acceptors (Lipinski definition) is 3. The summed E-state index contributed by atoms with van der Waals surface area (Å²) in [7, 11) is 0. The zero-order valence-electron chi connectivity index (χ0n) is 9.95. The van der Waals surface area contributed by atoms with Crippen LogP contribution in [0.2, 0.25) is 0 Å². The number of primary amides is 1. The van der Waals surface area contributed by atoms with Gasteiger partial charge in [0.1, 0.15) is 6.04 Å². The van der Waals surface area contributed by atoms with Gasteiger partial charge in [-0.3, -0.25) is 4.79 Å². The molecular formula is C10H19N3O3. The van der Waals surface area contributed by atoms with Gasteiger partial charge in [-0.15, -0.1) is 0 Å². The molecule has 3 amide bonds. The number of nitrogens with one attached hydrogen (secondary N) is 1. The van der Waals surface area contributed by atoms with Crippen molar-refractivity contribution >= 4 is 11.9 Å². The zero-order chi connectivity index (χ0) is 12.3. The van der Waals surface area contributed by atoms with Gasteiger partial charge in [0, 0.05) is 12.1 Å². The van der Waals surface area contributed by atoms with Crippen LogP contribution in [0.15, 0.2) is 0 Å². The van der Waals surface area contributed by atoms with Crippen molar-refractivity contribution in [2.24, 2.45) is 5.73 Å². The quantitative estimate of drug-likeness (QED) is 0.646. The molecule has 6 heteroatoms. The van der Waals surface area contributed by atoms with Crippen molar-refractivity contribution in [2.75, 3.05) is 19.8 Å². The topological polar surface area (TPSA) is 84.7 Å². The number of morpholine rings is 1. The number of rotatable bonds is 1. The number of carbonyl (C=O) groups is 2. The molecule has 1 rings (SSSR count). The lowest BCUT2D eigenvalue weighted by atomic mass is 10.1. The summed E-state index contributed by atoms with van der Waals surface area (Å²) in [6, 6.07) is -0.948. The van der Waals surface area contributed by atoms with Gasteiger partial charge in [0.15, 0.2) is 0 Å². The third kappa shape index (κ3) is 3.37. The summed E-state index contributed by atoms with van der Waals surface area (Å²) >= 11 is 0. The molecule has 0 aromatic rings. The number of amides is 3. The molecule has 0 aliphatic carbocycles. The number of nitrogens with zero attached hydrogens (tertiary/aromatic N) is 1. The molecule has 0 aromatic heterocycles. The summed E-state index contributed by atoms with van der Waals surface area (Å²) in [5.74, 6) is -0.538. The molecule has 1 saturated heterocycles. The predicted octanol–water partition coefficient (Wildman–Crippen LogP) is -0.319. The lowest BCUT2D eigenvalue weighted by Crippen LogP contribution is -2.59. The van der Waals surface area contributed by atoms with Crippen LogP contribution >= 0.6 is 0 Å². The summed E-state index contributed by atoms with van der Waals surface area (Å²) in [6.07, 6.45) is 0. The minimum Gasteiger partial charge on any atom is -0.377 e. The van der Waals surface area contributed by atoms with Gasteiger partial charge in [0.2, 0.25) is 5.91 Å². The zero-order valence-corrected chi connectivity index (χ0v) is 9.95. The third-order valence-electron chi connectivity index (χ3n) is 2.20. The average Bonchev–Trinajstić information content (AvgIpc) is 2.15. The molecule has 0 spiro atoms. The van der Waals surface area contributed by atoms with Crippen LogP contribution < -0.4 is 11.1 Å². The highest BCUT2D eigenvalue weighted by atomic mass is 16.5. The SMILES string of the molecule is CC(C)(C)NC(=O)N1CCOCC1C(N)=O. The molecule has 0 radical (unpaired) electrons. The molecule has 0 bridgehead atoms. The second-order valence-corrected chi connectivity index (χ2v) is 4.87. The van der Waals surface area contributed by atoms with Crippen molar-refractivity contribution in [2.45, 2.75) is 32.4 Å². The second-order valence-electron chi connectivity index (χ2n) is 4.87. The first-order chi connectivity index (χ1) is 7.31. The van der Waals surface area contributed by atoms with E-state index in [1.807, 2.05) is 20.8 Å². The van der Waals surface area contributed by atoms with Crippen LogP contribution in [0.3, 0.4) is 0 Å². The molecule has 3 N–H and O–H groups in total. The van der Waals surface area contributed by atoms with Gasteiger partial charge in [-0.2, -0.15) is 0 Å². The number of nitrogens with two attached hydrogens (primary N) is 1. The fraction of sp³-hybridized carbons (Fsp3) is 0.800. The van der Waals surface area contributed by atoms with Gasteiger partial charge < -0.3 is 20.7 Å². The van der Waals surface area contributed by atoms with Crippen LogP contribution in [-0.2, 0) is 9.53 Å². The molecule has 0 saturated carbocycles. The summed E-state index contributed by atoms with van der Waals surface area (Å²) < 4.78 is 5.13. The molecule has 1 atom stereocenters. The van der Waals surface area contributed by atoms with E-state index in [1.165, 1.54) is 4.90 Å². The van der Waals surface area contributed by atoms with Gasteiger partial charge in [-0.05, 0) is 20.8 Å². The van der Waals surface area contributed by atoms with E-state index in [0.29, 0.717) is 13.2 Å². The van der Waals surface area contributed by atoms with Gasteiger partial charge >= 0.3 is 6.03 Å². The highest BCUT2D eigenvalue weighted by molar-refractivity contribution is 5.86. The maximum atomic E-state index is 11.9. The Bertz CT molecular complexity index is 286. The molecule has 1 fully saturated rings. The van der Waals surface area contributed by atoms with Crippen molar-refractivity contribution in [3.05, 3.63) is 0 Å². The lowest BCUT2D eigenvalue weighted by Gasteiger charge is -2.35. The Balaban J connectivity index is 2.68. The van der Waals surface area contributed by atoms with E-state index in [2.05, 4.69) is 5.32 Å². The number of urea groups is 1. The Hall–Kier alpha value is -1.30. The van der Waals surface area contributed by atoms with Gasteiger partial charge in [-0.25, -0.2) is 4.79 Å². The summed E-state index contributed by atoms with van der Waals surface area (Å²) in [5.41, 5.74) is 4.88. The molecule has 16 heavy (non-hydrogen) atoms. The van der Waals surface area contributed by atoms with E-state index in [1.54, 1.807) is 0 Å². The van der Waals surface area contributed by atoms with Gasteiger partial charge in [-0.1, -0.05) is 0 Å². The minimum atomic E-state index is -0.670. The lowest BCUT2D eigenvalue weighted by molar-refractivity contribution is -0.127. The standard InChI is InChI=1S/C10H19N3O3/c1-10(2,3)12-9(15)13-4-5-16-6-7(13)8(11)14/h7H,4-6H2,1-3H3,(H2,11,14)(H,12,15). The molecule has 1 heterocycles. The Morgan fingerprint density at radius 2 is 2.06 bits per heavy atom. The molecule has 0 aromatic carbocycles. The number of carbonyl (C=O) groups excluding carboxylic acids is 2. The molecule has 92 valence electrons. The smallest absolute Gasteiger partial charge is 0.318 e. The van der Waals surface area contributed by atoms with Crippen molar-refractivity contribution in [1.29, 1.82) is 0 Å². The van der Waals surface area contributed by atoms with Crippen LogP contribution in [0.1, 0.15) is 20.8 Å². The monoisotopic (exact) mass is 229 g/mol. The second kappa shape index (κ2) is 4.69. The summed E-state index contributed by atoms with van der Waals surface area (Å²) in [6.45, 7) is 6.63. The van der Waals surface area contributed by atoms with E-state index in [-0.39, 0.29) is 18.2 Å². The fourth-order valence-electron chi connectivity index (χ4n) is 1.48. The van der Waals surface area contributed by atoms with E-state index in [0.717, 1.165) is 0 Å². The average molecular weight is 229 g/mol. The molecular weight excluding hydrogens is 210 g/mol. The maximum Gasteiger partial charge on any atom is 0.318 e. The molecule has 6 nitrogen and oxygen atoms in total. The Labute approximate surface area is 95.1 Å². The van der Waals surface area contributed by atoms with Crippen molar-refractivity contribution < 1.29 is 14.3 Å². The molecule has 1 aliphatic heterocycles. The van der Waals surface area contributed by atoms with E-state index >= 15 is 0 Å². The van der Waals surface area contributed by atoms with Crippen molar-refractivity contribution in [1.82, 2.24) is 10.2 Å². The van der Waals surface area contributed by atoms with Crippen LogP contribution in [0.25, 0.3) is 0 Å². The Morgan fingerprint density at radius 1 is 1.44 bits per heavy atom. The third-order valence-corrected chi connectivity index (χ3v) is 2.20.